The third kappa shape index (κ3) is 4.09. The summed E-state index contributed by atoms with van der Waals surface area (Å²) in [6.45, 7) is 0.517. The van der Waals surface area contributed by atoms with Crippen LogP contribution >= 0.6 is 11.3 Å². The van der Waals surface area contributed by atoms with E-state index in [1.165, 1.54) is 18.1 Å². The van der Waals surface area contributed by atoms with E-state index in [0.29, 0.717) is 23.1 Å². The summed E-state index contributed by atoms with van der Waals surface area (Å²) in [5.41, 5.74) is 0.724. The van der Waals surface area contributed by atoms with E-state index in [4.69, 9.17) is 0 Å². The van der Waals surface area contributed by atoms with Crippen LogP contribution in [-0.2, 0) is 11.2 Å². The fourth-order valence-electron chi connectivity index (χ4n) is 2.47. The van der Waals surface area contributed by atoms with Gasteiger partial charge in [0.1, 0.15) is 5.69 Å². The lowest BCUT2D eigenvalue weighted by Gasteiger charge is -2.08. The second-order valence-electron chi connectivity index (χ2n) is 5.51. The van der Waals surface area contributed by atoms with Gasteiger partial charge in [-0.3, -0.25) is 4.79 Å². The largest absolute Gasteiger partial charge is 0.464 e. The van der Waals surface area contributed by atoms with Crippen molar-refractivity contribution in [2.75, 3.05) is 19.0 Å². The van der Waals surface area contributed by atoms with Gasteiger partial charge in [-0.05, 0) is 36.1 Å². The Morgan fingerprint density at radius 1 is 1.23 bits per heavy atom. The van der Waals surface area contributed by atoms with E-state index in [0.717, 1.165) is 6.42 Å². The van der Waals surface area contributed by atoms with Crippen LogP contribution < -0.4 is 16.1 Å². The van der Waals surface area contributed by atoms with Crippen molar-refractivity contribution in [3.05, 3.63) is 62.6 Å². The van der Waals surface area contributed by atoms with E-state index in [1.807, 2.05) is 17.5 Å². The summed E-state index contributed by atoms with van der Waals surface area (Å²) >= 11 is 1.64. The molecule has 7 nitrogen and oxygen atoms in total. The van der Waals surface area contributed by atoms with Crippen LogP contribution in [0.4, 0.5) is 10.5 Å². The van der Waals surface area contributed by atoms with Crippen LogP contribution in [0.3, 0.4) is 0 Å². The van der Waals surface area contributed by atoms with Crippen molar-refractivity contribution in [3.8, 4) is 0 Å². The standard InChI is InChI=1S/C18H17N3O4S/c1-25-17(23)15-10-16(22)13-9-11(4-5-14(13)21-15)20-18(24)19-7-6-12-3-2-8-26-12/h2-5,8-10H,6-7H2,1H3,(H,21,22)(H2,19,20,24). The Balaban J connectivity index is 1.68. The predicted molar refractivity (Wildman–Crippen MR) is 101 cm³/mol. The Hall–Kier alpha value is -3.13. The van der Waals surface area contributed by atoms with Gasteiger partial charge in [-0.1, -0.05) is 6.07 Å². The van der Waals surface area contributed by atoms with E-state index >= 15 is 0 Å². The molecule has 1 aromatic carbocycles. The average Bonchev–Trinajstić information content (AvgIpc) is 3.14. The van der Waals surface area contributed by atoms with E-state index in [2.05, 4.69) is 20.4 Å². The van der Waals surface area contributed by atoms with Crippen molar-refractivity contribution >= 4 is 39.9 Å². The number of nitrogens with one attached hydrogen (secondary N) is 3. The fourth-order valence-corrected chi connectivity index (χ4v) is 3.18. The Morgan fingerprint density at radius 2 is 2.08 bits per heavy atom. The molecular weight excluding hydrogens is 354 g/mol. The Kier molecular flexibility index (Phi) is 5.33. The summed E-state index contributed by atoms with van der Waals surface area (Å²) in [5, 5.41) is 7.84. The second-order valence-corrected chi connectivity index (χ2v) is 6.54. The SMILES string of the molecule is COC(=O)c1cc(=O)c2cc(NC(=O)NCCc3cccs3)ccc2[nH]1. The zero-order chi connectivity index (χ0) is 18.5. The normalized spacial score (nSPS) is 10.5. The van der Waals surface area contributed by atoms with E-state index in [1.54, 1.807) is 29.5 Å². The predicted octanol–water partition coefficient (Wildman–Crippen LogP) is 2.74. The highest BCUT2D eigenvalue weighted by atomic mass is 32.1. The molecule has 2 heterocycles. The first-order valence-corrected chi connectivity index (χ1v) is 8.77. The number of hydrogen-bond donors (Lipinski definition) is 3. The minimum absolute atomic E-state index is 0.0806. The Morgan fingerprint density at radius 3 is 2.81 bits per heavy atom. The molecular formula is C18H17N3O4S. The minimum atomic E-state index is -0.615. The number of rotatable bonds is 5. The molecule has 2 amide bonds. The number of fused-ring (bicyclic) bond motifs is 1. The number of amides is 2. The number of H-pyrrole nitrogens is 1. The fraction of sp³-hybridized carbons (Fsp3) is 0.167. The van der Waals surface area contributed by atoms with E-state index < -0.39 is 5.97 Å². The van der Waals surface area contributed by atoms with Gasteiger partial charge >= 0.3 is 12.0 Å². The maximum absolute atomic E-state index is 12.2. The molecule has 0 spiro atoms. The Labute approximate surface area is 153 Å². The van der Waals surface area contributed by atoms with Crippen LogP contribution in [0.15, 0.2) is 46.6 Å². The summed E-state index contributed by atoms with van der Waals surface area (Å²) in [6.07, 6.45) is 0.763. The first-order valence-electron chi connectivity index (χ1n) is 7.89. The number of ether oxygens (including phenoxy) is 1. The number of carbonyl (C=O) groups excluding carboxylic acids is 2. The molecule has 0 aliphatic carbocycles. The smallest absolute Gasteiger partial charge is 0.354 e. The van der Waals surface area contributed by atoms with Crippen molar-refractivity contribution in [1.82, 2.24) is 10.3 Å². The average molecular weight is 371 g/mol. The second kappa shape index (κ2) is 7.83. The maximum Gasteiger partial charge on any atom is 0.354 e. The number of benzene rings is 1. The summed E-state index contributed by atoms with van der Waals surface area (Å²) in [6, 6.07) is 9.67. The quantitative estimate of drug-likeness (QED) is 0.600. The van der Waals surface area contributed by atoms with Crippen LogP contribution in [0.25, 0.3) is 10.9 Å². The lowest BCUT2D eigenvalue weighted by atomic mass is 10.1. The molecule has 0 bridgehead atoms. The molecule has 2 aromatic heterocycles. The zero-order valence-corrected chi connectivity index (χ0v) is 14.8. The van der Waals surface area contributed by atoms with E-state index in [9.17, 15) is 14.4 Å². The van der Waals surface area contributed by atoms with Gasteiger partial charge in [0.25, 0.3) is 0 Å². The molecule has 0 aliphatic heterocycles. The molecule has 8 heteroatoms. The molecule has 0 saturated carbocycles. The maximum atomic E-state index is 12.2. The topological polar surface area (TPSA) is 100 Å². The van der Waals surface area contributed by atoms with Gasteiger partial charge in [0.2, 0.25) is 0 Å². The highest BCUT2D eigenvalue weighted by Gasteiger charge is 2.10. The molecule has 3 N–H and O–H groups in total. The van der Waals surface area contributed by atoms with Gasteiger partial charge in [-0.25, -0.2) is 9.59 Å². The molecule has 0 radical (unpaired) electrons. The first-order chi connectivity index (χ1) is 12.6. The number of aromatic amines is 1. The lowest BCUT2D eigenvalue weighted by Crippen LogP contribution is -2.30. The molecule has 0 unspecified atom stereocenters. The van der Waals surface area contributed by atoms with Gasteiger partial charge in [0.15, 0.2) is 5.43 Å². The van der Waals surface area contributed by atoms with Crippen molar-refractivity contribution in [1.29, 1.82) is 0 Å². The van der Waals surface area contributed by atoms with Crippen LogP contribution in [0.2, 0.25) is 0 Å². The molecule has 134 valence electrons. The molecule has 3 rings (SSSR count). The first kappa shape index (κ1) is 17.7. The highest BCUT2D eigenvalue weighted by molar-refractivity contribution is 7.09. The lowest BCUT2D eigenvalue weighted by molar-refractivity contribution is 0.0594. The molecule has 0 fully saturated rings. The van der Waals surface area contributed by atoms with Gasteiger partial charge in [0, 0.05) is 28.6 Å². The van der Waals surface area contributed by atoms with Crippen LogP contribution in [0, 0.1) is 0 Å². The summed E-state index contributed by atoms with van der Waals surface area (Å²) in [7, 11) is 1.24. The summed E-state index contributed by atoms with van der Waals surface area (Å²) < 4.78 is 4.61. The number of carbonyl (C=O) groups is 2. The highest BCUT2D eigenvalue weighted by Crippen LogP contribution is 2.15. The van der Waals surface area contributed by atoms with Crippen LogP contribution in [0.5, 0.6) is 0 Å². The Bertz CT molecular complexity index is 995. The molecule has 26 heavy (non-hydrogen) atoms. The molecule has 3 aromatic rings. The van der Waals surface area contributed by atoms with Crippen molar-refractivity contribution in [2.24, 2.45) is 0 Å². The number of aromatic nitrogens is 1. The van der Waals surface area contributed by atoms with Gasteiger partial charge in [-0.2, -0.15) is 0 Å². The zero-order valence-electron chi connectivity index (χ0n) is 14.0. The molecule has 0 aliphatic rings. The van der Waals surface area contributed by atoms with Crippen molar-refractivity contribution in [2.45, 2.75) is 6.42 Å². The van der Waals surface area contributed by atoms with Crippen LogP contribution in [0.1, 0.15) is 15.4 Å². The van der Waals surface area contributed by atoms with Gasteiger partial charge in [0.05, 0.1) is 12.6 Å². The van der Waals surface area contributed by atoms with Crippen molar-refractivity contribution in [3.63, 3.8) is 0 Å². The number of methoxy groups -OCH3 is 1. The number of esters is 1. The number of hydrogen-bond acceptors (Lipinski definition) is 5. The number of pyridine rings is 1. The molecule has 0 atom stereocenters. The minimum Gasteiger partial charge on any atom is -0.464 e. The molecule has 0 saturated heterocycles. The van der Waals surface area contributed by atoms with E-state index in [-0.39, 0.29) is 17.2 Å². The van der Waals surface area contributed by atoms with Gasteiger partial charge in [-0.15, -0.1) is 11.3 Å². The third-order valence-electron chi connectivity index (χ3n) is 3.73. The van der Waals surface area contributed by atoms with Crippen LogP contribution in [-0.4, -0.2) is 30.6 Å². The third-order valence-corrected chi connectivity index (χ3v) is 4.67. The van der Waals surface area contributed by atoms with Gasteiger partial charge < -0.3 is 20.4 Å². The summed E-state index contributed by atoms with van der Waals surface area (Å²) in [4.78, 5) is 39.8. The summed E-state index contributed by atoms with van der Waals surface area (Å²) in [5.74, 6) is -0.615. The van der Waals surface area contributed by atoms with Crippen molar-refractivity contribution < 1.29 is 14.3 Å². The number of thiophene rings is 1. The number of urea groups is 1. The number of anilines is 1. The monoisotopic (exact) mass is 371 g/mol.